The van der Waals surface area contributed by atoms with Gasteiger partial charge in [-0.2, -0.15) is 0 Å². The van der Waals surface area contributed by atoms with E-state index < -0.39 is 0 Å². The van der Waals surface area contributed by atoms with Crippen LogP contribution in [0, 0.1) is 27.7 Å². The SMILES string of the molecule is Cc1cncc(C)c1-c1c(C)cc(Br)cc1C. The maximum atomic E-state index is 4.24. The van der Waals surface area contributed by atoms with Crippen molar-refractivity contribution >= 4 is 15.9 Å². The third kappa shape index (κ3) is 2.27. The van der Waals surface area contributed by atoms with Crippen LogP contribution in [0.1, 0.15) is 22.3 Å². The Morgan fingerprint density at radius 2 is 1.18 bits per heavy atom. The first-order valence-electron chi connectivity index (χ1n) is 5.69. The van der Waals surface area contributed by atoms with Crippen LogP contribution >= 0.6 is 15.9 Å². The molecule has 17 heavy (non-hydrogen) atoms. The molecule has 0 aliphatic carbocycles. The molecule has 0 aliphatic heterocycles. The number of pyridine rings is 1. The van der Waals surface area contributed by atoms with Crippen LogP contribution < -0.4 is 0 Å². The smallest absolute Gasteiger partial charge is 0.0303 e. The van der Waals surface area contributed by atoms with Gasteiger partial charge < -0.3 is 0 Å². The van der Waals surface area contributed by atoms with Crippen molar-refractivity contribution in [2.45, 2.75) is 27.7 Å². The Hall–Kier alpha value is -1.15. The van der Waals surface area contributed by atoms with Gasteiger partial charge in [-0.05, 0) is 73.2 Å². The molecule has 0 amide bonds. The molecule has 0 spiro atoms. The Kier molecular flexibility index (Phi) is 3.34. The molecule has 1 aromatic carbocycles. The van der Waals surface area contributed by atoms with E-state index in [0.29, 0.717) is 0 Å². The number of halogens is 1. The van der Waals surface area contributed by atoms with Crippen LogP contribution in [0.2, 0.25) is 0 Å². The lowest BCUT2D eigenvalue weighted by Gasteiger charge is -2.15. The van der Waals surface area contributed by atoms with E-state index in [1.165, 1.54) is 33.4 Å². The first kappa shape index (κ1) is 12.3. The minimum Gasteiger partial charge on any atom is -0.264 e. The predicted octanol–water partition coefficient (Wildman–Crippen LogP) is 4.74. The standard InChI is InChI=1S/C15H16BrN/c1-9-5-13(16)6-10(2)14(9)15-11(3)7-17-8-12(15)4/h5-8H,1-4H3. The van der Waals surface area contributed by atoms with Gasteiger partial charge in [-0.15, -0.1) is 0 Å². The third-order valence-electron chi connectivity index (χ3n) is 3.07. The molecular formula is C15H16BrN. The predicted molar refractivity (Wildman–Crippen MR) is 76.3 cm³/mol. The fourth-order valence-electron chi connectivity index (χ4n) is 2.40. The average molecular weight is 290 g/mol. The number of benzene rings is 1. The Labute approximate surface area is 111 Å². The summed E-state index contributed by atoms with van der Waals surface area (Å²) < 4.78 is 1.14. The van der Waals surface area contributed by atoms with E-state index in [2.05, 4.69) is 60.7 Å². The molecule has 0 aliphatic rings. The molecule has 0 radical (unpaired) electrons. The van der Waals surface area contributed by atoms with E-state index in [1.807, 2.05) is 12.4 Å². The highest BCUT2D eigenvalue weighted by Crippen LogP contribution is 2.33. The van der Waals surface area contributed by atoms with Crippen molar-refractivity contribution < 1.29 is 0 Å². The molecule has 0 atom stereocenters. The van der Waals surface area contributed by atoms with Crippen molar-refractivity contribution in [3.05, 3.63) is 51.3 Å². The van der Waals surface area contributed by atoms with Crippen molar-refractivity contribution in [3.8, 4) is 11.1 Å². The Bertz CT molecular complexity index is 530. The summed E-state index contributed by atoms with van der Waals surface area (Å²) in [5.74, 6) is 0. The number of aromatic nitrogens is 1. The molecule has 1 heterocycles. The van der Waals surface area contributed by atoms with Gasteiger partial charge in [-0.3, -0.25) is 4.98 Å². The lowest BCUT2D eigenvalue weighted by molar-refractivity contribution is 1.21. The molecule has 2 rings (SSSR count). The summed E-state index contributed by atoms with van der Waals surface area (Å²) in [5, 5.41) is 0. The normalized spacial score (nSPS) is 10.6. The van der Waals surface area contributed by atoms with Gasteiger partial charge in [-0.1, -0.05) is 15.9 Å². The molecule has 0 saturated heterocycles. The number of nitrogens with zero attached hydrogens (tertiary/aromatic N) is 1. The summed E-state index contributed by atoms with van der Waals surface area (Å²) >= 11 is 3.54. The zero-order chi connectivity index (χ0) is 12.6. The lowest BCUT2D eigenvalue weighted by Crippen LogP contribution is -1.95. The number of hydrogen-bond acceptors (Lipinski definition) is 1. The molecule has 0 fully saturated rings. The monoisotopic (exact) mass is 289 g/mol. The molecule has 2 aromatic rings. The van der Waals surface area contributed by atoms with E-state index in [4.69, 9.17) is 0 Å². The highest BCUT2D eigenvalue weighted by atomic mass is 79.9. The zero-order valence-corrected chi connectivity index (χ0v) is 12.2. The van der Waals surface area contributed by atoms with Gasteiger partial charge in [0.05, 0.1) is 0 Å². The van der Waals surface area contributed by atoms with Crippen molar-refractivity contribution in [1.29, 1.82) is 0 Å². The van der Waals surface area contributed by atoms with Crippen LogP contribution in [-0.4, -0.2) is 4.98 Å². The fraction of sp³-hybridized carbons (Fsp3) is 0.267. The summed E-state index contributed by atoms with van der Waals surface area (Å²) in [6.07, 6.45) is 3.87. The number of aryl methyl sites for hydroxylation is 4. The first-order valence-corrected chi connectivity index (χ1v) is 6.48. The van der Waals surface area contributed by atoms with Gasteiger partial charge in [0.15, 0.2) is 0 Å². The lowest BCUT2D eigenvalue weighted by atomic mass is 9.91. The second-order valence-corrected chi connectivity index (χ2v) is 5.48. The Morgan fingerprint density at radius 1 is 0.765 bits per heavy atom. The van der Waals surface area contributed by atoms with E-state index in [9.17, 15) is 0 Å². The van der Waals surface area contributed by atoms with E-state index in [0.717, 1.165) is 4.47 Å². The molecular weight excluding hydrogens is 274 g/mol. The third-order valence-corrected chi connectivity index (χ3v) is 3.53. The molecule has 0 unspecified atom stereocenters. The van der Waals surface area contributed by atoms with Gasteiger partial charge in [0.1, 0.15) is 0 Å². The number of rotatable bonds is 1. The molecule has 0 saturated carbocycles. The Balaban J connectivity index is 2.77. The van der Waals surface area contributed by atoms with E-state index in [-0.39, 0.29) is 0 Å². The summed E-state index contributed by atoms with van der Waals surface area (Å²) in [5.41, 5.74) is 7.73. The van der Waals surface area contributed by atoms with Crippen LogP contribution in [-0.2, 0) is 0 Å². The highest BCUT2D eigenvalue weighted by molar-refractivity contribution is 9.10. The van der Waals surface area contributed by atoms with Crippen molar-refractivity contribution in [2.24, 2.45) is 0 Å². The van der Waals surface area contributed by atoms with Crippen molar-refractivity contribution in [3.63, 3.8) is 0 Å². The minimum absolute atomic E-state index is 1.14. The van der Waals surface area contributed by atoms with E-state index >= 15 is 0 Å². The quantitative estimate of drug-likeness (QED) is 0.739. The molecule has 1 nitrogen and oxygen atoms in total. The van der Waals surface area contributed by atoms with Crippen LogP contribution in [0.3, 0.4) is 0 Å². The van der Waals surface area contributed by atoms with Crippen molar-refractivity contribution in [2.75, 3.05) is 0 Å². The number of hydrogen-bond donors (Lipinski definition) is 0. The summed E-state index contributed by atoms with van der Waals surface area (Å²) in [7, 11) is 0. The summed E-state index contributed by atoms with van der Waals surface area (Å²) in [6.45, 7) is 8.56. The topological polar surface area (TPSA) is 12.9 Å². The first-order chi connectivity index (χ1) is 8.00. The van der Waals surface area contributed by atoms with Gasteiger partial charge >= 0.3 is 0 Å². The molecule has 0 N–H and O–H groups in total. The average Bonchev–Trinajstić information content (AvgIpc) is 2.21. The van der Waals surface area contributed by atoms with Crippen molar-refractivity contribution in [1.82, 2.24) is 4.98 Å². The van der Waals surface area contributed by atoms with Crippen LogP contribution in [0.5, 0.6) is 0 Å². The van der Waals surface area contributed by atoms with E-state index in [1.54, 1.807) is 0 Å². The van der Waals surface area contributed by atoms with Gasteiger partial charge in [0, 0.05) is 16.9 Å². The fourth-order valence-corrected chi connectivity index (χ4v) is 3.09. The van der Waals surface area contributed by atoms with Gasteiger partial charge in [-0.25, -0.2) is 0 Å². The largest absolute Gasteiger partial charge is 0.264 e. The second-order valence-electron chi connectivity index (χ2n) is 4.56. The molecule has 0 bridgehead atoms. The molecule has 88 valence electrons. The summed E-state index contributed by atoms with van der Waals surface area (Å²) in [6, 6.07) is 4.34. The van der Waals surface area contributed by atoms with Crippen LogP contribution in [0.15, 0.2) is 29.0 Å². The van der Waals surface area contributed by atoms with Gasteiger partial charge in [0.25, 0.3) is 0 Å². The van der Waals surface area contributed by atoms with Gasteiger partial charge in [0.2, 0.25) is 0 Å². The van der Waals surface area contributed by atoms with Crippen LogP contribution in [0.25, 0.3) is 11.1 Å². The molecule has 2 heteroatoms. The molecule has 1 aromatic heterocycles. The second kappa shape index (κ2) is 4.61. The summed E-state index contributed by atoms with van der Waals surface area (Å²) in [4.78, 5) is 4.24. The highest BCUT2D eigenvalue weighted by Gasteiger charge is 2.11. The minimum atomic E-state index is 1.14. The maximum Gasteiger partial charge on any atom is 0.0303 e. The van der Waals surface area contributed by atoms with Crippen LogP contribution in [0.4, 0.5) is 0 Å². The zero-order valence-electron chi connectivity index (χ0n) is 10.6. The Morgan fingerprint density at radius 3 is 1.65 bits per heavy atom. The maximum absolute atomic E-state index is 4.24.